The summed E-state index contributed by atoms with van der Waals surface area (Å²) in [6.07, 6.45) is -4.31. The van der Waals surface area contributed by atoms with Crippen LogP contribution in [-0.4, -0.2) is 36.4 Å². The number of nitrogens with one attached hydrogen (secondary N) is 1. The van der Waals surface area contributed by atoms with Crippen molar-refractivity contribution in [2.75, 3.05) is 12.9 Å². The van der Waals surface area contributed by atoms with Crippen molar-refractivity contribution in [2.24, 2.45) is 0 Å². The molecular formula is C6H8F3NO2S. The molecule has 1 saturated heterocycles. The van der Waals surface area contributed by atoms with Gasteiger partial charge in [-0.25, -0.2) is 0 Å². The Morgan fingerprint density at radius 2 is 2.23 bits per heavy atom. The normalized spacial score (nSPS) is 28.9. The van der Waals surface area contributed by atoms with Crippen molar-refractivity contribution >= 4 is 17.7 Å². The van der Waals surface area contributed by atoms with Crippen molar-refractivity contribution in [3.05, 3.63) is 0 Å². The number of rotatable bonds is 1. The van der Waals surface area contributed by atoms with Gasteiger partial charge in [0.2, 0.25) is 0 Å². The van der Waals surface area contributed by atoms with Crippen LogP contribution in [0.3, 0.4) is 0 Å². The number of carbonyl (C=O) groups is 1. The summed E-state index contributed by atoms with van der Waals surface area (Å²) in [7, 11) is 1.15. The Kier molecular flexibility index (Phi) is 3.07. The summed E-state index contributed by atoms with van der Waals surface area (Å²) in [6.45, 7) is 0. The topological polar surface area (TPSA) is 38.3 Å². The Morgan fingerprint density at radius 3 is 2.62 bits per heavy atom. The standard InChI is InChI=1S/C6H8F3NO2S/c1-12-4(11)3-2-13-5(10-3)6(7,8)9/h3,5,10H,2H2,1H3/t3-,5+/m0/s1. The fraction of sp³-hybridized carbons (Fsp3) is 0.833. The van der Waals surface area contributed by atoms with E-state index >= 15 is 0 Å². The Balaban J connectivity index is 2.50. The van der Waals surface area contributed by atoms with E-state index in [1.54, 1.807) is 0 Å². The number of hydrogen-bond donors (Lipinski definition) is 1. The van der Waals surface area contributed by atoms with Crippen molar-refractivity contribution in [3.8, 4) is 0 Å². The molecule has 0 bridgehead atoms. The Hall–Kier alpha value is -0.430. The second-order valence-electron chi connectivity index (χ2n) is 2.50. The maximum Gasteiger partial charge on any atom is 0.413 e. The molecule has 7 heteroatoms. The molecule has 0 aromatic heterocycles. The Bertz CT molecular complexity index is 209. The molecule has 2 atom stereocenters. The molecule has 1 N–H and O–H groups in total. The minimum absolute atomic E-state index is 0.0941. The zero-order chi connectivity index (χ0) is 10.1. The van der Waals surface area contributed by atoms with Gasteiger partial charge in [-0.1, -0.05) is 0 Å². The first-order valence-electron chi connectivity index (χ1n) is 3.47. The van der Waals surface area contributed by atoms with E-state index in [0.717, 1.165) is 7.11 Å². The van der Waals surface area contributed by atoms with Gasteiger partial charge in [0, 0.05) is 5.75 Å². The van der Waals surface area contributed by atoms with Gasteiger partial charge in [-0.15, -0.1) is 11.8 Å². The summed E-state index contributed by atoms with van der Waals surface area (Å²) >= 11 is 0.664. The minimum atomic E-state index is -4.31. The summed E-state index contributed by atoms with van der Waals surface area (Å²) in [5, 5.41) is 0.489. The number of methoxy groups -OCH3 is 1. The number of alkyl halides is 3. The van der Waals surface area contributed by atoms with E-state index in [-0.39, 0.29) is 5.75 Å². The lowest BCUT2D eigenvalue weighted by Gasteiger charge is -2.14. The van der Waals surface area contributed by atoms with E-state index in [1.807, 2.05) is 0 Å². The van der Waals surface area contributed by atoms with Crippen LogP contribution in [0.15, 0.2) is 0 Å². The molecule has 1 fully saturated rings. The van der Waals surface area contributed by atoms with Crippen LogP contribution in [0.1, 0.15) is 0 Å². The van der Waals surface area contributed by atoms with Gasteiger partial charge in [0.25, 0.3) is 0 Å². The van der Waals surface area contributed by atoms with Crippen LogP contribution in [0.5, 0.6) is 0 Å². The zero-order valence-electron chi connectivity index (χ0n) is 6.72. The van der Waals surface area contributed by atoms with E-state index in [4.69, 9.17) is 0 Å². The molecule has 0 aliphatic carbocycles. The SMILES string of the molecule is COC(=O)[C@@H]1CS[C@H](C(F)(F)F)N1. The number of halogens is 3. The smallest absolute Gasteiger partial charge is 0.413 e. The fourth-order valence-electron chi connectivity index (χ4n) is 0.939. The first-order valence-corrected chi connectivity index (χ1v) is 4.52. The van der Waals surface area contributed by atoms with Crippen LogP contribution in [0, 0.1) is 0 Å². The van der Waals surface area contributed by atoms with Gasteiger partial charge in [0.15, 0.2) is 5.37 Å². The molecule has 1 heterocycles. The van der Waals surface area contributed by atoms with Crippen LogP contribution in [0.4, 0.5) is 13.2 Å². The lowest BCUT2D eigenvalue weighted by Crippen LogP contribution is -2.43. The monoisotopic (exact) mass is 215 g/mol. The molecule has 1 aliphatic heterocycles. The number of thioether (sulfide) groups is 1. The van der Waals surface area contributed by atoms with Crippen molar-refractivity contribution in [3.63, 3.8) is 0 Å². The highest BCUT2D eigenvalue weighted by molar-refractivity contribution is 8.00. The van der Waals surface area contributed by atoms with Crippen LogP contribution in [0.25, 0.3) is 0 Å². The predicted octanol–water partition coefficient (Wildman–Crippen LogP) is 0.753. The molecular weight excluding hydrogens is 207 g/mol. The number of hydrogen-bond acceptors (Lipinski definition) is 4. The first kappa shape index (κ1) is 10.6. The predicted molar refractivity (Wildman–Crippen MR) is 41.2 cm³/mol. The highest BCUT2D eigenvalue weighted by Gasteiger charge is 2.46. The summed E-state index contributed by atoms with van der Waals surface area (Å²) in [4.78, 5) is 10.8. The number of esters is 1. The molecule has 3 nitrogen and oxygen atoms in total. The second kappa shape index (κ2) is 3.75. The van der Waals surface area contributed by atoms with E-state index in [1.165, 1.54) is 0 Å². The minimum Gasteiger partial charge on any atom is -0.468 e. The molecule has 0 aromatic rings. The molecule has 0 aromatic carbocycles. The number of carbonyl (C=O) groups excluding carboxylic acids is 1. The molecule has 0 spiro atoms. The summed E-state index contributed by atoms with van der Waals surface area (Å²) in [5.41, 5.74) is 0. The molecule has 0 saturated carbocycles. The highest BCUT2D eigenvalue weighted by atomic mass is 32.2. The van der Waals surface area contributed by atoms with E-state index in [2.05, 4.69) is 10.1 Å². The first-order chi connectivity index (χ1) is 5.95. The van der Waals surface area contributed by atoms with Gasteiger partial charge in [-0.2, -0.15) is 13.2 Å². The average molecular weight is 215 g/mol. The van der Waals surface area contributed by atoms with Gasteiger partial charge in [-0.05, 0) is 0 Å². The van der Waals surface area contributed by atoms with Crippen LogP contribution in [0.2, 0.25) is 0 Å². The van der Waals surface area contributed by atoms with Gasteiger partial charge >= 0.3 is 12.1 Å². The molecule has 0 radical (unpaired) electrons. The third kappa shape index (κ3) is 2.50. The van der Waals surface area contributed by atoms with Crippen molar-refractivity contribution < 1.29 is 22.7 Å². The van der Waals surface area contributed by atoms with Gasteiger partial charge in [0.1, 0.15) is 6.04 Å². The maximum absolute atomic E-state index is 12.1. The molecule has 13 heavy (non-hydrogen) atoms. The third-order valence-corrected chi connectivity index (χ3v) is 2.83. The van der Waals surface area contributed by atoms with Gasteiger partial charge in [-0.3, -0.25) is 10.1 Å². The Labute approximate surface area is 77.0 Å². The highest BCUT2D eigenvalue weighted by Crippen LogP contribution is 2.33. The average Bonchev–Trinajstić information content (AvgIpc) is 2.50. The summed E-state index contributed by atoms with van der Waals surface area (Å²) < 4.78 is 40.5. The maximum atomic E-state index is 12.1. The van der Waals surface area contributed by atoms with E-state index < -0.39 is 23.6 Å². The van der Waals surface area contributed by atoms with Gasteiger partial charge < -0.3 is 4.74 Å². The number of ether oxygens (including phenoxy) is 1. The molecule has 0 amide bonds. The fourth-order valence-corrected chi connectivity index (χ4v) is 2.01. The van der Waals surface area contributed by atoms with Crippen molar-refractivity contribution in [2.45, 2.75) is 17.6 Å². The molecule has 1 aliphatic rings. The quantitative estimate of drug-likeness (QED) is 0.655. The van der Waals surface area contributed by atoms with Crippen LogP contribution < -0.4 is 5.32 Å². The van der Waals surface area contributed by atoms with Crippen LogP contribution in [-0.2, 0) is 9.53 Å². The van der Waals surface area contributed by atoms with E-state index in [0.29, 0.717) is 11.8 Å². The third-order valence-electron chi connectivity index (χ3n) is 1.57. The molecule has 76 valence electrons. The summed E-state index contributed by atoms with van der Waals surface area (Å²) in [6, 6.07) is -0.846. The zero-order valence-corrected chi connectivity index (χ0v) is 7.54. The van der Waals surface area contributed by atoms with E-state index in [9.17, 15) is 18.0 Å². The molecule has 1 rings (SSSR count). The lowest BCUT2D eigenvalue weighted by molar-refractivity contribution is -0.146. The second-order valence-corrected chi connectivity index (χ2v) is 3.64. The summed E-state index contributed by atoms with van der Waals surface area (Å²) in [5.74, 6) is -0.559. The Morgan fingerprint density at radius 1 is 1.62 bits per heavy atom. The largest absolute Gasteiger partial charge is 0.468 e. The lowest BCUT2D eigenvalue weighted by atomic mass is 10.3. The van der Waals surface area contributed by atoms with Crippen molar-refractivity contribution in [1.82, 2.24) is 5.32 Å². The molecule has 0 unspecified atom stereocenters. The van der Waals surface area contributed by atoms with Crippen LogP contribution >= 0.6 is 11.8 Å². The van der Waals surface area contributed by atoms with Crippen molar-refractivity contribution in [1.29, 1.82) is 0 Å². The van der Waals surface area contributed by atoms with Gasteiger partial charge in [0.05, 0.1) is 7.11 Å².